The number of benzene rings is 1. The van der Waals surface area contributed by atoms with Gasteiger partial charge >= 0.3 is 0 Å². The molecule has 0 bridgehead atoms. The van der Waals surface area contributed by atoms with Crippen LogP contribution in [-0.4, -0.2) is 25.8 Å². The Bertz CT molecular complexity index is 554. The van der Waals surface area contributed by atoms with E-state index in [0.717, 1.165) is 32.1 Å². The first kappa shape index (κ1) is 15.7. The largest absolute Gasteiger partial charge is 0.245 e. The van der Waals surface area contributed by atoms with Crippen LogP contribution in [0.15, 0.2) is 23.1 Å². The maximum atomic E-state index is 14.0. The third kappa shape index (κ3) is 3.51. The molecule has 2 rings (SSSR count). The van der Waals surface area contributed by atoms with Gasteiger partial charge in [0, 0.05) is 19.0 Å². The Hall–Kier alpha value is -0.650. The second kappa shape index (κ2) is 6.87. The summed E-state index contributed by atoms with van der Waals surface area (Å²) < 4.78 is 40.5. The zero-order chi connectivity index (χ0) is 14.6. The van der Waals surface area contributed by atoms with Gasteiger partial charge in [0.05, 0.1) is 0 Å². The van der Waals surface area contributed by atoms with Crippen molar-refractivity contribution in [1.29, 1.82) is 0 Å². The molecule has 1 saturated heterocycles. The Labute approximate surface area is 124 Å². The molecule has 1 aromatic carbocycles. The summed E-state index contributed by atoms with van der Waals surface area (Å²) in [6.45, 7) is 0.943. The van der Waals surface area contributed by atoms with E-state index in [1.165, 1.54) is 16.4 Å². The Kier molecular flexibility index (Phi) is 5.41. The quantitative estimate of drug-likeness (QED) is 0.799. The minimum absolute atomic E-state index is 0.168. The van der Waals surface area contributed by atoms with Gasteiger partial charge < -0.3 is 0 Å². The molecular formula is C14H19ClFNO2S. The summed E-state index contributed by atoms with van der Waals surface area (Å²) in [7, 11) is -3.74. The fraction of sp³-hybridized carbons (Fsp3) is 0.571. The fourth-order valence-corrected chi connectivity index (χ4v) is 4.16. The van der Waals surface area contributed by atoms with Crippen LogP contribution in [0.3, 0.4) is 0 Å². The van der Waals surface area contributed by atoms with Gasteiger partial charge in [0.15, 0.2) is 0 Å². The van der Waals surface area contributed by atoms with E-state index in [-0.39, 0.29) is 10.8 Å². The molecule has 0 N–H and O–H groups in total. The highest BCUT2D eigenvalue weighted by Gasteiger charge is 2.27. The minimum Gasteiger partial charge on any atom is -0.207 e. The van der Waals surface area contributed by atoms with E-state index in [1.54, 1.807) is 6.07 Å². The highest BCUT2D eigenvalue weighted by molar-refractivity contribution is 7.89. The zero-order valence-electron chi connectivity index (χ0n) is 11.3. The molecule has 1 aliphatic heterocycles. The summed E-state index contributed by atoms with van der Waals surface area (Å²) in [6.07, 6.45) is 4.87. The van der Waals surface area contributed by atoms with Crippen molar-refractivity contribution in [2.24, 2.45) is 0 Å². The van der Waals surface area contributed by atoms with Gasteiger partial charge in [0.1, 0.15) is 10.7 Å². The normalized spacial score (nSPS) is 18.5. The van der Waals surface area contributed by atoms with E-state index in [1.807, 2.05) is 0 Å². The van der Waals surface area contributed by atoms with Crippen LogP contribution in [0.5, 0.6) is 0 Å². The molecule has 0 aliphatic carbocycles. The van der Waals surface area contributed by atoms with Crippen molar-refractivity contribution in [3.8, 4) is 0 Å². The summed E-state index contributed by atoms with van der Waals surface area (Å²) in [5.41, 5.74) is 0.579. The first-order chi connectivity index (χ1) is 9.55. The third-order valence-corrected chi connectivity index (χ3v) is 5.82. The van der Waals surface area contributed by atoms with Gasteiger partial charge in [-0.2, -0.15) is 4.31 Å². The SMILES string of the molecule is O=S(=O)(c1ccc(CCl)cc1F)N1CCCCCCC1. The molecule has 1 heterocycles. The predicted octanol–water partition coefficient (Wildman–Crippen LogP) is 3.52. The predicted molar refractivity (Wildman–Crippen MR) is 77.8 cm³/mol. The fourth-order valence-electron chi connectivity index (χ4n) is 2.43. The van der Waals surface area contributed by atoms with Gasteiger partial charge in [0.2, 0.25) is 10.0 Å². The summed E-state index contributed by atoms with van der Waals surface area (Å²) in [4.78, 5) is -0.244. The standard InChI is InChI=1S/C14H19ClFNO2S/c15-11-12-6-7-14(13(16)10-12)20(18,19)17-8-4-2-1-3-5-9-17/h6-7,10H,1-5,8-9,11H2. The average molecular weight is 320 g/mol. The third-order valence-electron chi connectivity index (χ3n) is 3.58. The molecule has 0 spiro atoms. The van der Waals surface area contributed by atoms with Gasteiger partial charge in [-0.25, -0.2) is 12.8 Å². The number of alkyl halides is 1. The highest BCUT2D eigenvalue weighted by atomic mass is 35.5. The van der Waals surface area contributed by atoms with Crippen molar-refractivity contribution in [2.75, 3.05) is 13.1 Å². The van der Waals surface area contributed by atoms with Gasteiger partial charge in [-0.15, -0.1) is 11.6 Å². The maximum Gasteiger partial charge on any atom is 0.245 e. The number of rotatable bonds is 3. The minimum atomic E-state index is -3.74. The molecule has 0 radical (unpaired) electrons. The monoisotopic (exact) mass is 319 g/mol. The Morgan fingerprint density at radius 3 is 2.25 bits per heavy atom. The number of sulfonamides is 1. The number of hydrogen-bond donors (Lipinski definition) is 0. The van der Waals surface area contributed by atoms with E-state index >= 15 is 0 Å². The summed E-state index contributed by atoms with van der Waals surface area (Å²) in [5, 5.41) is 0. The second-order valence-corrected chi connectivity index (χ2v) is 7.24. The molecule has 112 valence electrons. The lowest BCUT2D eigenvalue weighted by Gasteiger charge is -2.24. The van der Waals surface area contributed by atoms with Crippen molar-refractivity contribution in [1.82, 2.24) is 4.31 Å². The van der Waals surface area contributed by atoms with Crippen LogP contribution in [0.1, 0.15) is 37.7 Å². The molecule has 3 nitrogen and oxygen atoms in total. The number of hydrogen-bond acceptors (Lipinski definition) is 2. The average Bonchev–Trinajstić information content (AvgIpc) is 2.37. The van der Waals surface area contributed by atoms with Gasteiger partial charge in [-0.1, -0.05) is 25.3 Å². The van der Waals surface area contributed by atoms with E-state index in [0.29, 0.717) is 18.7 Å². The molecule has 1 aliphatic rings. The van der Waals surface area contributed by atoms with E-state index in [9.17, 15) is 12.8 Å². The molecule has 1 aromatic rings. The van der Waals surface area contributed by atoms with Crippen LogP contribution in [-0.2, 0) is 15.9 Å². The molecule has 0 saturated carbocycles. The Morgan fingerprint density at radius 2 is 1.70 bits per heavy atom. The highest BCUT2D eigenvalue weighted by Crippen LogP contribution is 2.23. The Morgan fingerprint density at radius 1 is 1.10 bits per heavy atom. The summed E-state index contributed by atoms with van der Waals surface area (Å²) in [5.74, 6) is -0.550. The lowest BCUT2D eigenvalue weighted by Crippen LogP contribution is -2.34. The van der Waals surface area contributed by atoms with Crippen LogP contribution in [0, 0.1) is 5.82 Å². The molecular weight excluding hydrogens is 301 g/mol. The Balaban J connectivity index is 2.28. The van der Waals surface area contributed by atoms with Crippen LogP contribution in [0.4, 0.5) is 4.39 Å². The van der Waals surface area contributed by atoms with Crippen molar-refractivity contribution in [3.05, 3.63) is 29.6 Å². The van der Waals surface area contributed by atoms with Gasteiger partial charge in [-0.3, -0.25) is 0 Å². The van der Waals surface area contributed by atoms with Crippen molar-refractivity contribution >= 4 is 21.6 Å². The molecule has 0 unspecified atom stereocenters. The maximum absolute atomic E-state index is 14.0. The molecule has 0 aromatic heterocycles. The lowest BCUT2D eigenvalue weighted by atomic mass is 10.1. The van der Waals surface area contributed by atoms with Crippen molar-refractivity contribution in [3.63, 3.8) is 0 Å². The zero-order valence-corrected chi connectivity index (χ0v) is 12.9. The van der Waals surface area contributed by atoms with Crippen LogP contribution in [0.2, 0.25) is 0 Å². The molecule has 1 fully saturated rings. The summed E-state index contributed by atoms with van der Waals surface area (Å²) >= 11 is 5.63. The lowest BCUT2D eigenvalue weighted by molar-refractivity contribution is 0.362. The molecule has 20 heavy (non-hydrogen) atoms. The molecule has 0 atom stereocenters. The van der Waals surface area contributed by atoms with E-state index in [2.05, 4.69) is 0 Å². The van der Waals surface area contributed by atoms with Crippen molar-refractivity contribution < 1.29 is 12.8 Å². The summed E-state index contributed by atoms with van der Waals surface area (Å²) in [6, 6.07) is 4.08. The number of halogens is 2. The van der Waals surface area contributed by atoms with Crippen molar-refractivity contribution in [2.45, 2.75) is 42.9 Å². The number of nitrogens with zero attached hydrogens (tertiary/aromatic N) is 1. The van der Waals surface area contributed by atoms with Crippen LogP contribution in [0.25, 0.3) is 0 Å². The van der Waals surface area contributed by atoms with Crippen LogP contribution < -0.4 is 0 Å². The smallest absolute Gasteiger partial charge is 0.207 e. The first-order valence-corrected chi connectivity index (χ1v) is 8.87. The van der Waals surface area contributed by atoms with Crippen LogP contribution >= 0.6 is 11.6 Å². The van der Waals surface area contributed by atoms with E-state index < -0.39 is 15.8 Å². The second-order valence-electron chi connectivity index (χ2n) is 5.07. The molecule has 6 heteroatoms. The molecule has 0 amide bonds. The van der Waals surface area contributed by atoms with Gasteiger partial charge in [0.25, 0.3) is 0 Å². The van der Waals surface area contributed by atoms with E-state index in [4.69, 9.17) is 11.6 Å². The van der Waals surface area contributed by atoms with Gasteiger partial charge in [-0.05, 0) is 30.5 Å². The first-order valence-electron chi connectivity index (χ1n) is 6.90. The topological polar surface area (TPSA) is 37.4 Å².